The minimum absolute atomic E-state index is 0.333. The van der Waals surface area contributed by atoms with E-state index in [4.69, 9.17) is 21.4 Å². The standard InChI is InChI=1S/C12H11BrClNO4/c13-6-1-2-7(14)8(5-6)15-11(16)9-3-4-10(19-9)12(17)18/h1-2,5,9-10H,3-4H2,(H,15,16)(H,17,18)/t9-,10+/m0/s1. The molecule has 2 rings (SSSR count). The van der Waals surface area contributed by atoms with Gasteiger partial charge in [-0.2, -0.15) is 0 Å². The highest BCUT2D eigenvalue weighted by Crippen LogP contribution is 2.27. The van der Waals surface area contributed by atoms with Gasteiger partial charge in [0.05, 0.1) is 10.7 Å². The molecule has 1 aromatic carbocycles. The molecule has 2 N–H and O–H groups in total. The van der Waals surface area contributed by atoms with Crippen molar-refractivity contribution in [2.24, 2.45) is 0 Å². The van der Waals surface area contributed by atoms with E-state index in [1.165, 1.54) is 0 Å². The van der Waals surface area contributed by atoms with Crippen molar-refractivity contribution in [3.63, 3.8) is 0 Å². The van der Waals surface area contributed by atoms with Crippen molar-refractivity contribution in [2.75, 3.05) is 5.32 Å². The lowest BCUT2D eigenvalue weighted by Gasteiger charge is -2.13. The number of amides is 1. The SMILES string of the molecule is O=C(Nc1cc(Br)ccc1Cl)[C@@H]1CC[C@H](C(=O)O)O1. The molecule has 0 radical (unpaired) electrons. The number of nitrogens with one attached hydrogen (secondary N) is 1. The Balaban J connectivity index is 2.02. The lowest BCUT2D eigenvalue weighted by Crippen LogP contribution is -2.30. The molecule has 7 heteroatoms. The second kappa shape index (κ2) is 5.90. The summed E-state index contributed by atoms with van der Waals surface area (Å²) in [6, 6.07) is 5.07. The number of ether oxygens (including phenoxy) is 1. The van der Waals surface area contributed by atoms with E-state index in [0.717, 1.165) is 4.47 Å². The number of aliphatic carboxylic acids is 1. The van der Waals surface area contributed by atoms with Gasteiger partial charge in [-0.05, 0) is 31.0 Å². The smallest absolute Gasteiger partial charge is 0.332 e. The molecule has 0 saturated carbocycles. The molecule has 1 aliphatic rings. The Morgan fingerprint density at radius 1 is 1.37 bits per heavy atom. The van der Waals surface area contributed by atoms with Crippen molar-refractivity contribution in [1.82, 2.24) is 0 Å². The lowest BCUT2D eigenvalue weighted by molar-refractivity contribution is -0.150. The Morgan fingerprint density at radius 2 is 2.05 bits per heavy atom. The van der Waals surface area contributed by atoms with E-state index in [0.29, 0.717) is 23.6 Å². The van der Waals surface area contributed by atoms with Crippen molar-refractivity contribution in [2.45, 2.75) is 25.0 Å². The van der Waals surface area contributed by atoms with E-state index >= 15 is 0 Å². The number of carboxylic acids is 1. The predicted molar refractivity (Wildman–Crippen MR) is 73.3 cm³/mol. The van der Waals surface area contributed by atoms with E-state index in [2.05, 4.69) is 21.2 Å². The summed E-state index contributed by atoms with van der Waals surface area (Å²) < 4.78 is 5.94. The van der Waals surface area contributed by atoms with E-state index in [1.54, 1.807) is 18.2 Å². The highest BCUT2D eigenvalue weighted by Gasteiger charge is 2.34. The average molecular weight is 349 g/mol. The molecule has 1 aliphatic heterocycles. The molecule has 0 aliphatic carbocycles. The topological polar surface area (TPSA) is 75.6 Å². The number of hydrogen-bond acceptors (Lipinski definition) is 3. The zero-order chi connectivity index (χ0) is 14.0. The van der Waals surface area contributed by atoms with Crippen molar-refractivity contribution < 1.29 is 19.4 Å². The molecule has 0 unspecified atom stereocenters. The molecule has 1 amide bonds. The molecular formula is C12H11BrClNO4. The maximum atomic E-state index is 11.9. The fourth-order valence-electron chi connectivity index (χ4n) is 1.82. The summed E-state index contributed by atoms with van der Waals surface area (Å²) >= 11 is 9.24. The van der Waals surface area contributed by atoms with Gasteiger partial charge in [-0.3, -0.25) is 4.79 Å². The monoisotopic (exact) mass is 347 g/mol. The van der Waals surface area contributed by atoms with Gasteiger partial charge in [0.15, 0.2) is 6.10 Å². The Hall–Kier alpha value is -1.11. The van der Waals surface area contributed by atoms with Crippen LogP contribution in [-0.4, -0.2) is 29.2 Å². The maximum absolute atomic E-state index is 11.9. The van der Waals surface area contributed by atoms with Crippen molar-refractivity contribution >= 4 is 45.1 Å². The summed E-state index contributed by atoms with van der Waals surface area (Å²) in [6.07, 6.45) is -0.946. The number of carbonyl (C=O) groups excluding carboxylic acids is 1. The second-order valence-corrected chi connectivity index (χ2v) is 5.47. The molecule has 1 saturated heterocycles. The summed E-state index contributed by atoms with van der Waals surface area (Å²) in [4.78, 5) is 22.7. The molecule has 1 heterocycles. The van der Waals surface area contributed by atoms with E-state index in [9.17, 15) is 9.59 Å². The van der Waals surface area contributed by atoms with Crippen LogP contribution in [0.1, 0.15) is 12.8 Å². The highest BCUT2D eigenvalue weighted by molar-refractivity contribution is 9.10. The molecule has 0 aromatic heterocycles. The Bertz CT molecular complexity index is 522. The Morgan fingerprint density at radius 3 is 2.68 bits per heavy atom. The van der Waals surface area contributed by atoms with Gasteiger partial charge in [0, 0.05) is 4.47 Å². The van der Waals surface area contributed by atoms with Gasteiger partial charge in [-0.15, -0.1) is 0 Å². The number of carbonyl (C=O) groups is 2. The third-order valence-corrected chi connectivity index (χ3v) is 3.60. The Labute approximate surface area is 123 Å². The molecule has 1 aromatic rings. The van der Waals surface area contributed by atoms with Gasteiger partial charge >= 0.3 is 5.97 Å². The van der Waals surface area contributed by atoms with Crippen molar-refractivity contribution in [3.8, 4) is 0 Å². The van der Waals surface area contributed by atoms with Crippen LogP contribution in [0.4, 0.5) is 5.69 Å². The maximum Gasteiger partial charge on any atom is 0.332 e. The van der Waals surface area contributed by atoms with E-state index in [1.807, 2.05) is 0 Å². The van der Waals surface area contributed by atoms with E-state index in [-0.39, 0.29) is 5.91 Å². The van der Waals surface area contributed by atoms with Gasteiger partial charge in [0.1, 0.15) is 6.10 Å². The summed E-state index contributed by atoms with van der Waals surface area (Å²) in [5, 5.41) is 11.8. The minimum Gasteiger partial charge on any atom is -0.479 e. The van der Waals surface area contributed by atoms with Crippen molar-refractivity contribution in [3.05, 3.63) is 27.7 Å². The van der Waals surface area contributed by atoms with Gasteiger partial charge in [-0.1, -0.05) is 27.5 Å². The number of hydrogen-bond donors (Lipinski definition) is 2. The fourth-order valence-corrected chi connectivity index (χ4v) is 2.34. The fraction of sp³-hybridized carbons (Fsp3) is 0.333. The number of anilines is 1. The summed E-state index contributed by atoms with van der Waals surface area (Å²) in [7, 11) is 0. The van der Waals surface area contributed by atoms with Crippen LogP contribution in [-0.2, 0) is 14.3 Å². The third kappa shape index (κ3) is 3.46. The molecule has 19 heavy (non-hydrogen) atoms. The summed E-state index contributed by atoms with van der Waals surface area (Å²) in [5.41, 5.74) is 0.461. The van der Waals surface area contributed by atoms with Crippen LogP contribution in [0.5, 0.6) is 0 Å². The number of rotatable bonds is 3. The van der Waals surface area contributed by atoms with Crippen LogP contribution >= 0.6 is 27.5 Å². The molecular weight excluding hydrogens is 337 g/mol. The summed E-state index contributed by atoms with van der Waals surface area (Å²) in [6.45, 7) is 0. The zero-order valence-electron chi connectivity index (χ0n) is 9.73. The van der Waals surface area contributed by atoms with Crippen LogP contribution in [0.3, 0.4) is 0 Å². The molecule has 5 nitrogen and oxygen atoms in total. The molecule has 2 atom stereocenters. The van der Waals surface area contributed by atoms with Crippen LogP contribution in [0, 0.1) is 0 Å². The van der Waals surface area contributed by atoms with Crippen LogP contribution in [0.25, 0.3) is 0 Å². The van der Waals surface area contributed by atoms with Crippen LogP contribution in [0.15, 0.2) is 22.7 Å². The normalized spacial score (nSPS) is 22.2. The van der Waals surface area contributed by atoms with Crippen LogP contribution in [0.2, 0.25) is 5.02 Å². The molecule has 0 spiro atoms. The first-order valence-corrected chi connectivity index (χ1v) is 6.78. The third-order valence-electron chi connectivity index (χ3n) is 2.77. The first kappa shape index (κ1) is 14.3. The Kier molecular flexibility index (Phi) is 4.44. The van der Waals surface area contributed by atoms with E-state index < -0.39 is 18.2 Å². The number of carboxylic acid groups (broad SMARTS) is 1. The molecule has 102 valence electrons. The van der Waals surface area contributed by atoms with Gasteiger partial charge in [-0.25, -0.2) is 4.79 Å². The largest absolute Gasteiger partial charge is 0.479 e. The van der Waals surface area contributed by atoms with Crippen molar-refractivity contribution in [1.29, 1.82) is 0 Å². The molecule has 0 bridgehead atoms. The quantitative estimate of drug-likeness (QED) is 0.880. The minimum atomic E-state index is -1.05. The lowest BCUT2D eigenvalue weighted by atomic mass is 10.2. The van der Waals surface area contributed by atoms with Gasteiger partial charge in [0.25, 0.3) is 5.91 Å². The highest BCUT2D eigenvalue weighted by atomic mass is 79.9. The second-order valence-electron chi connectivity index (χ2n) is 4.14. The summed E-state index contributed by atoms with van der Waals surface area (Å²) in [5.74, 6) is -1.43. The van der Waals surface area contributed by atoms with Crippen LogP contribution < -0.4 is 5.32 Å². The number of halogens is 2. The predicted octanol–water partition coefficient (Wildman–Crippen LogP) is 2.67. The van der Waals surface area contributed by atoms with Gasteiger partial charge < -0.3 is 15.2 Å². The first-order chi connectivity index (χ1) is 8.97. The average Bonchev–Trinajstić information content (AvgIpc) is 2.83. The first-order valence-electron chi connectivity index (χ1n) is 5.61. The van der Waals surface area contributed by atoms with Gasteiger partial charge in [0.2, 0.25) is 0 Å². The number of benzene rings is 1. The zero-order valence-corrected chi connectivity index (χ0v) is 12.1. The molecule has 1 fully saturated rings.